The lowest BCUT2D eigenvalue weighted by Crippen LogP contribution is -1.73. The average molecular weight is 306 g/mol. The smallest absolute Gasteiger partial charge is 0.157 e. The van der Waals surface area contributed by atoms with E-state index in [-0.39, 0.29) is 0 Å². The van der Waals surface area contributed by atoms with E-state index in [0.717, 1.165) is 10.8 Å². The molecule has 1 heterocycles. The lowest BCUT2D eigenvalue weighted by molar-refractivity contribution is 0.669. The number of benzene rings is 2. The van der Waals surface area contributed by atoms with Gasteiger partial charge in [0.1, 0.15) is 5.02 Å². The summed E-state index contributed by atoms with van der Waals surface area (Å²) in [4.78, 5) is 0. The highest BCUT2D eigenvalue weighted by atomic mass is 35.5. The van der Waals surface area contributed by atoms with Gasteiger partial charge in [-0.3, -0.25) is 0 Å². The minimum Gasteiger partial charge on any atom is -0.453 e. The predicted octanol–water partition coefficient (Wildman–Crippen LogP) is 6.20. The van der Waals surface area contributed by atoms with Gasteiger partial charge in [-0.2, -0.15) is 0 Å². The van der Waals surface area contributed by atoms with Crippen LogP contribution < -0.4 is 0 Å². The Morgan fingerprint density at radius 2 is 1.59 bits per heavy atom. The van der Waals surface area contributed by atoms with E-state index in [1.165, 1.54) is 0 Å². The van der Waals surface area contributed by atoms with Gasteiger partial charge in [0.05, 0.1) is 15.1 Å². The molecule has 0 atom stereocenters. The highest BCUT2D eigenvalue weighted by Gasteiger charge is 2.17. The van der Waals surface area contributed by atoms with E-state index >= 15 is 0 Å². The summed E-state index contributed by atoms with van der Waals surface area (Å²) in [6.07, 6.45) is 0. The Morgan fingerprint density at radius 3 is 2.35 bits per heavy atom. The molecule has 0 unspecified atom stereocenters. The topological polar surface area (TPSA) is 13.1 Å². The Morgan fingerprint density at radius 1 is 0.824 bits per heavy atom. The fraction of sp³-hybridized carbons (Fsp3) is 0. The van der Waals surface area contributed by atoms with Crippen molar-refractivity contribution in [2.45, 2.75) is 0 Å². The van der Waals surface area contributed by atoms with Gasteiger partial charge in [-0.05, 0) is 12.1 Å². The van der Waals surface area contributed by atoms with E-state index < -0.39 is 0 Å². The Labute approximate surface area is 117 Å². The second kappa shape index (κ2) is 3.96. The van der Waals surface area contributed by atoms with Gasteiger partial charge >= 0.3 is 0 Å². The highest BCUT2D eigenvalue weighted by molar-refractivity contribution is 6.49. The maximum Gasteiger partial charge on any atom is 0.157 e. The first-order valence-electron chi connectivity index (χ1n) is 4.74. The molecule has 1 nitrogen and oxygen atoms in total. The molecule has 0 bridgehead atoms. The molecule has 0 N–H and O–H groups in total. The minimum atomic E-state index is 0.346. The summed E-state index contributed by atoms with van der Waals surface area (Å²) in [5.74, 6) is 0. The minimum absolute atomic E-state index is 0.346. The molecule has 2 aromatic carbocycles. The molecule has 17 heavy (non-hydrogen) atoms. The lowest BCUT2D eigenvalue weighted by Gasteiger charge is -1.98. The standard InChI is InChI=1S/C12H4Cl4O/c13-6-3-1-2-5-9-7(14)4-8(15)10(16)12(9)17-11(5)6/h1-4H. The average Bonchev–Trinajstić information content (AvgIpc) is 2.67. The van der Waals surface area contributed by atoms with Gasteiger partial charge < -0.3 is 4.42 Å². The zero-order chi connectivity index (χ0) is 12.2. The first-order chi connectivity index (χ1) is 8.09. The van der Waals surface area contributed by atoms with Crippen molar-refractivity contribution >= 4 is 68.3 Å². The van der Waals surface area contributed by atoms with Crippen LogP contribution >= 0.6 is 46.4 Å². The van der Waals surface area contributed by atoms with Crippen molar-refractivity contribution in [1.82, 2.24) is 0 Å². The van der Waals surface area contributed by atoms with Crippen LogP contribution in [0.2, 0.25) is 20.1 Å². The summed E-state index contributed by atoms with van der Waals surface area (Å²) in [6.45, 7) is 0. The molecule has 0 aliphatic heterocycles. The van der Waals surface area contributed by atoms with E-state index in [2.05, 4.69) is 0 Å². The van der Waals surface area contributed by atoms with Crippen molar-refractivity contribution in [3.63, 3.8) is 0 Å². The molecule has 3 rings (SSSR count). The third kappa shape index (κ3) is 1.61. The summed E-state index contributed by atoms with van der Waals surface area (Å²) in [7, 11) is 0. The molecule has 0 aliphatic rings. The molecule has 0 spiro atoms. The van der Waals surface area contributed by atoms with Crippen molar-refractivity contribution in [1.29, 1.82) is 0 Å². The number of para-hydroxylation sites is 1. The van der Waals surface area contributed by atoms with Crippen LogP contribution in [-0.2, 0) is 0 Å². The molecule has 0 amide bonds. The first-order valence-corrected chi connectivity index (χ1v) is 6.25. The van der Waals surface area contributed by atoms with E-state index in [4.69, 9.17) is 50.8 Å². The molecule has 0 fully saturated rings. The summed E-state index contributed by atoms with van der Waals surface area (Å²) in [5.41, 5.74) is 1.03. The van der Waals surface area contributed by atoms with Crippen molar-refractivity contribution in [2.24, 2.45) is 0 Å². The highest BCUT2D eigenvalue weighted by Crippen LogP contribution is 2.43. The summed E-state index contributed by atoms with van der Waals surface area (Å²) in [5, 5.41) is 3.28. The fourth-order valence-electron chi connectivity index (χ4n) is 1.83. The second-order valence-corrected chi connectivity index (χ2v) is 5.18. The van der Waals surface area contributed by atoms with Crippen molar-refractivity contribution in [3.8, 4) is 0 Å². The van der Waals surface area contributed by atoms with Crippen LogP contribution in [0.25, 0.3) is 21.9 Å². The molecule has 0 radical (unpaired) electrons. The molecule has 3 aromatic rings. The molecule has 0 saturated heterocycles. The summed E-state index contributed by atoms with van der Waals surface area (Å²) >= 11 is 24.3. The quantitative estimate of drug-likeness (QED) is 0.451. The van der Waals surface area contributed by atoms with Crippen LogP contribution in [0.1, 0.15) is 0 Å². The molecule has 86 valence electrons. The number of fused-ring (bicyclic) bond motifs is 3. The monoisotopic (exact) mass is 304 g/mol. The number of hydrogen-bond donors (Lipinski definition) is 0. The Hall–Kier alpha value is -0.600. The number of halogens is 4. The number of furan rings is 1. The summed E-state index contributed by atoms with van der Waals surface area (Å²) < 4.78 is 5.64. The van der Waals surface area contributed by atoms with E-state index in [9.17, 15) is 0 Å². The molecule has 5 heteroatoms. The van der Waals surface area contributed by atoms with Crippen LogP contribution in [0.15, 0.2) is 28.7 Å². The molecule has 1 aromatic heterocycles. The van der Waals surface area contributed by atoms with Crippen molar-refractivity contribution in [2.75, 3.05) is 0 Å². The van der Waals surface area contributed by atoms with Gasteiger partial charge in [-0.15, -0.1) is 0 Å². The molecular formula is C12H4Cl4O. The van der Waals surface area contributed by atoms with Gasteiger partial charge in [0, 0.05) is 10.8 Å². The van der Waals surface area contributed by atoms with Crippen LogP contribution in [0.4, 0.5) is 0 Å². The Kier molecular flexibility index (Phi) is 2.68. The Balaban J connectivity index is 2.65. The SMILES string of the molecule is Clc1cc(Cl)c2c(oc3c(Cl)cccc32)c1Cl. The lowest BCUT2D eigenvalue weighted by atomic mass is 10.1. The van der Waals surface area contributed by atoms with E-state index in [1.807, 2.05) is 12.1 Å². The van der Waals surface area contributed by atoms with Crippen LogP contribution in [-0.4, -0.2) is 0 Å². The zero-order valence-electron chi connectivity index (χ0n) is 8.23. The predicted molar refractivity (Wildman–Crippen MR) is 73.8 cm³/mol. The van der Waals surface area contributed by atoms with Gasteiger partial charge in [0.15, 0.2) is 11.2 Å². The Bertz CT molecular complexity index is 745. The third-order valence-electron chi connectivity index (χ3n) is 2.57. The third-order valence-corrected chi connectivity index (χ3v) is 3.93. The summed E-state index contributed by atoms with van der Waals surface area (Å²) in [6, 6.07) is 7.06. The molecule has 0 aliphatic carbocycles. The van der Waals surface area contributed by atoms with Crippen LogP contribution in [0.3, 0.4) is 0 Å². The van der Waals surface area contributed by atoms with Crippen LogP contribution in [0.5, 0.6) is 0 Å². The maximum atomic E-state index is 6.16. The van der Waals surface area contributed by atoms with Gasteiger partial charge in [-0.1, -0.05) is 58.5 Å². The molecule has 0 saturated carbocycles. The zero-order valence-corrected chi connectivity index (χ0v) is 11.3. The van der Waals surface area contributed by atoms with E-state index in [0.29, 0.717) is 31.3 Å². The van der Waals surface area contributed by atoms with Crippen LogP contribution in [0, 0.1) is 0 Å². The number of rotatable bonds is 0. The van der Waals surface area contributed by atoms with Gasteiger partial charge in [0.25, 0.3) is 0 Å². The van der Waals surface area contributed by atoms with E-state index in [1.54, 1.807) is 12.1 Å². The fourth-order valence-corrected chi connectivity index (χ4v) is 2.78. The molecular weight excluding hydrogens is 302 g/mol. The number of hydrogen-bond acceptors (Lipinski definition) is 1. The normalized spacial score (nSPS) is 11.5. The van der Waals surface area contributed by atoms with Crippen molar-refractivity contribution in [3.05, 3.63) is 44.4 Å². The van der Waals surface area contributed by atoms with Gasteiger partial charge in [0.2, 0.25) is 0 Å². The second-order valence-electron chi connectivity index (χ2n) is 3.58. The maximum absolute atomic E-state index is 6.16. The first kappa shape index (κ1) is 11.5. The largest absolute Gasteiger partial charge is 0.453 e. The van der Waals surface area contributed by atoms with Gasteiger partial charge in [-0.25, -0.2) is 0 Å². The van der Waals surface area contributed by atoms with Crippen molar-refractivity contribution < 1.29 is 4.42 Å².